The number of carboxylic acid groups (broad SMARTS) is 1. The summed E-state index contributed by atoms with van der Waals surface area (Å²) in [5, 5.41) is 12.9. The summed E-state index contributed by atoms with van der Waals surface area (Å²) in [6.07, 6.45) is 2.23. The molecule has 0 amide bonds. The molecule has 0 saturated heterocycles. The van der Waals surface area contributed by atoms with Crippen molar-refractivity contribution in [2.75, 3.05) is 0 Å². The maximum atomic E-state index is 13.3. The van der Waals surface area contributed by atoms with E-state index in [1.807, 2.05) is 6.92 Å². The van der Waals surface area contributed by atoms with Crippen molar-refractivity contribution in [1.29, 1.82) is 0 Å². The number of benzene rings is 1. The highest BCUT2D eigenvalue weighted by molar-refractivity contribution is 5.85. The molecule has 1 N–H and O–H groups in total. The molecule has 5 nitrogen and oxygen atoms in total. The lowest BCUT2D eigenvalue weighted by Gasteiger charge is -2.09. The van der Waals surface area contributed by atoms with Crippen molar-refractivity contribution >= 4 is 12.0 Å². The van der Waals surface area contributed by atoms with Crippen LogP contribution in [0.3, 0.4) is 0 Å². The number of halogens is 1. The van der Waals surface area contributed by atoms with Crippen molar-refractivity contribution in [3.63, 3.8) is 0 Å². The van der Waals surface area contributed by atoms with Crippen LogP contribution in [0.1, 0.15) is 17.0 Å². The lowest BCUT2D eigenvalue weighted by atomic mass is 10.1. The number of carbonyl (C=O) groups is 1. The smallest absolute Gasteiger partial charge is 0.328 e. The van der Waals surface area contributed by atoms with Crippen molar-refractivity contribution in [2.24, 2.45) is 7.05 Å². The first-order valence-electron chi connectivity index (χ1n) is 6.27. The van der Waals surface area contributed by atoms with E-state index < -0.39 is 11.8 Å². The molecule has 0 aliphatic heterocycles. The van der Waals surface area contributed by atoms with E-state index >= 15 is 0 Å². The normalized spacial score (nSPS) is 11.0. The summed E-state index contributed by atoms with van der Waals surface area (Å²) in [5.74, 6) is -0.631. The fraction of sp³-hybridized carbons (Fsp3) is 0.200. The van der Waals surface area contributed by atoms with Crippen molar-refractivity contribution in [3.05, 3.63) is 47.0 Å². The summed E-state index contributed by atoms with van der Waals surface area (Å²) in [5.41, 5.74) is 1.87. The first-order chi connectivity index (χ1) is 9.88. The maximum absolute atomic E-state index is 13.3. The SMILES string of the molecule is Cc1nn(C)c(C)c1Oc1ccc(F)cc1C=CC(=O)O. The molecule has 0 aliphatic rings. The molecule has 21 heavy (non-hydrogen) atoms. The van der Waals surface area contributed by atoms with Crippen LogP contribution in [-0.2, 0) is 11.8 Å². The predicted molar refractivity (Wildman–Crippen MR) is 75.8 cm³/mol. The molecular formula is C15H15FN2O3. The lowest BCUT2D eigenvalue weighted by Crippen LogP contribution is -1.94. The highest BCUT2D eigenvalue weighted by Crippen LogP contribution is 2.31. The van der Waals surface area contributed by atoms with E-state index in [0.29, 0.717) is 22.8 Å². The predicted octanol–water partition coefficient (Wildman–Crippen LogP) is 3.07. The van der Waals surface area contributed by atoms with Crippen molar-refractivity contribution in [3.8, 4) is 11.5 Å². The number of rotatable bonds is 4. The van der Waals surface area contributed by atoms with E-state index in [9.17, 15) is 9.18 Å². The second-order valence-electron chi connectivity index (χ2n) is 4.58. The molecule has 1 heterocycles. The Balaban J connectivity index is 2.42. The highest BCUT2D eigenvalue weighted by atomic mass is 19.1. The highest BCUT2D eigenvalue weighted by Gasteiger charge is 2.13. The molecule has 2 aromatic rings. The van der Waals surface area contributed by atoms with Gasteiger partial charge in [0.15, 0.2) is 5.75 Å². The van der Waals surface area contributed by atoms with Crippen molar-refractivity contribution in [1.82, 2.24) is 9.78 Å². The number of aliphatic carboxylic acids is 1. The van der Waals surface area contributed by atoms with Gasteiger partial charge in [-0.15, -0.1) is 0 Å². The second-order valence-corrected chi connectivity index (χ2v) is 4.58. The Bertz CT molecular complexity index is 720. The molecule has 0 fully saturated rings. The monoisotopic (exact) mass is 290 g/mol. The molecule has 0 spiro atoms. The zero-order chi connectivity index (χ0) is 15.6. The van der Waals surface area contributed by atoms with Crippen LogP contribution in [-0.4, -0.2) is 20.9 Å². The van der Waals surface area contributed by atoms with Crippen LogP contribution < -0.4 is 4.74 Å². The van der Waals surface area contributed by atoms with Gasteiger partial charge in [0.1, 0.15) is 17.3 Å². The third-order valence-electron chi connectivity index (χ3n) is 3.03. The standard InChI is InChI=1S/C15H15FN2O3/c1-9-15(10(2)18(3)17-9)21-13-6-5-12(16)8-11(13)4-7-14(19)20/h4-8H,1-3H3,(H,19,20). The summed E-state index contributed by atoms with van der Waals surface area (Å²) in [6, 6.07) is 3.94. The Kier molecular flexibility index (Phi) is 4.07. The van der Waals surface area contributed by atoms with E-state index in [-0.39, 0.29) is 0 Å². The Labute approximate surface area is 121 Å². The number of aromatic nitrogens is 2. The molecule has 0 atom stereocenters. The Hall–Kier alpha value is -2.63. The van der Waals surface area contributed by atoms with Gasteiger partial charge in [-0.1, -0.05) is 0 Å². The number of aryl methyl sites for hydroxylation is 2. The molecule has 0 bridgehead atoms. The molecule has 0 saturated carbocycles. The van der Waals surface area contributed by atoms with E-state index in [1.54, 1.807) is 18.7 Å². The molecule has 110 valence electrons. The van der Waals surface area contributed by atoms with Gasteiger partial charge in [-0.3, -0.25) is 4.68 Å². The van der Waals surface area contributed by atoms with E-state index in [0.717, 1.165) is 11.8 Å². The fourth-order valence-electron chi connectivity index (χ4n) is 1.92. The number of carboxylic acids is 1. The van der Waals surface area contributed by atoms with Crippen LogP contribution in [0.5, 0.6) is 11.5 Å². The first-order valence-corrected chi connectivity index (χ1v) is 6.27. The Morgan fingerprint density at radius 1 is 1.43 bits per heavy atom. The zero-order valence-corrected chi connectivity index (χ0v) is 11.9. The molecule has 1 aromatic heterocycles. The summed E-state index contributed by atoms with van der Waals surface area (Å²) in [7, 11) is 1.80. The number of hydrogen-bond donors (Lipinski definition) is 1. The number of hydrogen-bond acceptors (Lipinski definition) is 3. The van der Waals surface area contributed by atoms with Gasteiger partial charge in [-0.25, -0.2) is 9.18 Å². The molecule has 2 rings (SSSR count). The van der Waals surface area contributed by atoms with Gasteiger partial charge >= 0.3 is 5.97 Å². The minimum atomic E-state index is -1.11. The molecule has 1 aromatic carbocycles. The zero-order valence-electron chi connectivity index (χ0n) is 11.9. The molecule has 0 radical (unpaired) electrons. The molecule has 6 heteroatoms. The van der Waals surface area contributed by atoms with E-state index in [2.05, 4.69) is 5.10 Å². The van der Waals surface area contributed by atoms with Gasteiger partial charge < -0.3 is 9.84 Å². The average molecular weight is 290 g/mol. The minimum Gasteiger partial charge on any atom is -0.478 e. The largest absolute Gasteiger partial charge is 0.478 e. The first kappa shape index (κ1) is 14.8. The molecule has 0 unspecified atom stereocenters. The van der Waals surface area contributed by atoms with Gasteiger partial charge in [0.25, 0.3) is 0 Å². The molecule has 0 aliphatic carbocycles. The van der Waals surface area contributed by atoms with Gasteiger partial charge in [-0.05, 0) is 38.1 Å². The lowest BCUT2D eigenvalue weighted by molar-refractivity contribution is -0.131. The van der Waals surface area contributed by atoms with Gasteiger partial charge in [0.05, 0.1) is 5.69 Å². The van der Waals surface area contributed by atoms with Crippen LogP contribution >= 0.6 is 0 Å². The van der Waals surface area contributed by atoms with E-state index in [1.165, 1.54) is 24.3 Å². The third-order valence-corrected chi connectivity index (χ3v) is 3.03. The summed E-state index contributed by atoms with van der Waals surface area (Å²) >= 11 is 0. The van der Waals surface area contributed by atoms with Crippen LogP contribution in [0.15, 0.2) is 24.3 Å². The third kappa shape index (κ3) is 3.28. The van der Waals surface area contributed by atoms with Crippen molar-refractivity contribution in [2.45, 2.75) is 13.8 Å². The van der Waals surface area contributed by atoms with Gasteiger partial charge in [0.2, 0.25) is 0 Å². The topological polar surface area (TPSA) is 64.4 Å². The Morgan fingerprint density at radius 2 is 2.14 bits per heavy atom. The van der Waals surface area contributed by atoms with Crippen molar-refractivity contribution < 1.29 is 19.0 Å². The van der Waals surface area contributed by atoms with Gasteiger partial charge in [-0.2, -0.15) is 5.10 Å². The number of ether oxygens (including phenoxy) is 1. The minimum absolute atomic E-state index is 0.347. The summed E-state index contributed by atoms with van der Waals surface area (Å²) < 4.78 is 20.8. The maximum Gasteiger partial charge on any atom is 0.328 e. The van der Waals surface area contributed by atoms with Crippen LogP contribution in [0.2, 0.25) is 0 Å². The quantitative estimate of drug-likeness (QED) is 0.879. The second kappa shape index (κ2) is 5.78. The van der Waals surface area contributed by atoms with Crippen LogP contribution in [0.25, 0.3) is 6.08 Å². The fourth-order valence-corrected chi connectivity index (χ4v) is 1.92. The Morgan fingerprint density at radius 3 is 2.71 bits per heavy atom. The van der Waals surface area contributed by atoms with Gasteiger partial charge in [0, 0.05) is 18.7 Å². The van der Waals surface area contributed by atoms with Crippen LogP contribution in [0, 0.1) is 19.7 Å². The summed E-state index contributed by atoms with van der Waals surface area (Å²) in [4.78, 5) is 10.6. The average Bonchev–Trinajstić information content (AvgIpc) is 2.65. The molecular weight excluding hydrogens is 275 g/mol. The summed E-state index contributed by atoms with van der Waals surface area (Å²) in [6.45, 7) is 3.66. The number of nitrogens with zero attached hydrogens (tertiary/aromatic N) is 2. The van der Waals surface area contributed by atoms with Crippen LogP contribution in [0.4, 0.5) is 4.39 Å². The van der Waals surface area contributed by atoms with E-state index in [4.69, 9.17) is 9.84 Å².